The van der Waals surface area contributed by atoms with Crippen LogP contribution in [0.5, 0.6) is 0 Å². The fourth-order valence-corrected chi connectivity index (χ4v) is 3.65. The van der Waals surface area contributed by atoms with E-state index in [1.807, 2.05) is 0 Å². The van der Waals surface area contributed by atoms with Gasteiger partial charge in [0.05, 0.1) is 11.5 Å². The lowest BCUT2D eigenvalue weighted by molar-refractivity contribution is 0.484. The average molecular weight is 203 g/mol. The van der Waals surface area contributed by atoms with E-state index in [4.69, 9.17) is 0 Å². The summed E-state index contributed by atoms with van der Waals surface area (Å²) < 4.78 is 22.3. The molecule has 2 fully saturated rings. The molecule has 0 bridgehead atoms. The van der Waals surface area contributed by atoms with Gasteiger partial charge < -0.3 is 5.32 Å². The second-order valence-corrected chi connectivity index (χ2v) is 7.24. The third-order valence-electron chi connectivity index (χ3n) is 3.18. The second-order valence-electron chi connectivity index (χ2n) is 5.01. The highest BCUT2D eigenvalue weighted by Crippen LogP contribution is 2.45. The van der Waals surface area contributed by atoms with Crippen molar-refractivity contribution in [2.75, 3.05) is 11.5 Å². The van der Waals surface area contributed by atoms with Crippen molar-refractivity contribution in [1.29, 1.82) is 0 Å². The van der Waals surface area contributed by atoms with Crippen LogP contribution in [0.4, 0.5) is 0 Å². The number of hydrogen-bond acceptors (Lipinski definition) is 3. The molecule has 0 radical (unpaired) electrons. The number of sulfone groups is 1. The third kappa shape index (κ3) is 2.05. The van der Waals surface area contributed by atoms with Gasteiger partial charge in [-0.2, -0.15) is 0 Å². The summed E-state index contributed by atoms with van der Waals surface area (Å²) in [6, 6.07) is 0.766. The van der Waals surface area contributed by atoms with Crippen LogP contribution in [-0.2, 0) is 9.84 Å². The molecule has 2 aliphatic rings. The van der Waals surface area contributed by atoms with E-state index >= 15 is 0 Å². The minimum absolute atomic E-state index is 0.219. The van der Waals surface area contributed by atoms with Gasteiger partial charge in [-0.15, -0.1) is 0 Å². The van der Waals surface area contributed by atoms with Crippen LogP contribution in [0.15, 0.2) is 0 Å². The van der Waals surface area contributed by atoms with Crippen molar-refractivity contribution in [3.05, 3.63) is 0 Å². The molecular formula is C9H17NO2S. The van der Waals surface area contributed by atoms with Crippen molar-refractivity contribution in [2.45, 2.75) is 38.8 Å². The van der Waals surface area contributed by atoms with Crippen LogP contribution >= 0.6 is 0 Å². The number of hydrogen-bond donors (Lipinski definition) is 1. The number of rotatable bonds is 2. The first-order valence-electron chi connectivity index (χ1n) is 4.86. The second kappa shape index (κ2) is 2.70. The predicted octanol–water partition coefficient (Wildman–Crippen LogP) is 0.562. The molecule has 3 nitrogen and oxygen atoms in total. The van der Waals surface area contributed by atoms with Crippen LogP contribution in [-0.4, -0.2) is 32.0 Å². The molecule has 2 rings (SSSR count). The van der Waals surface area contributed by atoms with Gasteiger partial charge in [0.25, 0.3) is 0 Å². The molecule has 1 saturated heterocycles. The van der Waals surface area contributed by atoms with Crippen LogP contribution < -0.4 is 5.32 Å². The molecule has 0 amide bonds. The minimum atomic E-state index is -2.71. The maximum atomic E-state index is 11.2. The van der Waals surface area contributed by atoms with Crippen molar-refractivity contribution in [3.8, 4) is 0 Å². The lowest BCUT2D eigenvalue weighted by Gasteiger charge is -2.11. The van der Waals surface area contributed by atoms with Gasteiger partial charge in [0, 0.05) is 12.1 Å². The zero-order chi connectivity index (χ0) is 9.69. The van der Waals surface area contributed by atoms with E-state index in [1.54, 1.807) is 0 Å². The molecule has 2 atom stereocenters. The highest BCUT2D eigenvalue weighted by Gasteiger charge is 2.47. The molecule has 1 N–H and O–H groups in total. The summed E-state index contributed by atoms with van der Waals surface area (Å²) in [6.07, 6.45) is 1.98. The topological polar surface area (TPSA) is 46.2 Å². The zero-order valence-corrected chi connectivity index (χ0v) is 9.02. The lowest BCUT2D eigenvalue weighted by atomic mass is 10.1. The Bertz CT molecular complexity index is 308. The summed E-state index contributed by atoms with van der Waals surface area (Å²) in [7, 11) is -2.71. The Balaban J connectivity index is 1.86. The normalized spacial score (nSPS) is 40.5. The average Bonchev–Trinajstić information content (AvgIpc) is 2.34. The fourth-order valence-electron chi connectivity index (χ4n) is 1.96. The summed E-state index contributed by atoms with van der Waals surface area (Å²) in [5.41, 5.74) is 0.395. The molecule has 4 heteroatoms. The SMILES string of the molecule is CC1(C)CC1NC1CCS(=O)(=O)C1. The van der Waals surface area contributed by atoms with Crippen LogP contribution in [0.25, 0.3) is 0 Å². The van der Waals surface area contributed by atoms with Gasteiger partial charge in [-0.05, 0) is 18.3 Å². The molecular weight excluding hydrogens is 186 g/mol. The van der Waals surface area contributed by atoms with Crippen molar-refractivity contribution in [2.24, 2.45) is 5.41 Å². The highest BCUT2D eigenvalue weighted by atomic mass is 32.2. The molecule has 0 spiro atoms. The first-order chi connectivity index (χ1) is 5.89. The van der Waals surface area contributed by atoms with Crippen molar-refractivity contribution in [3.63, 3.8) is 0 Å². The molecule has 2 unspecified atom stereocenters. The van der Waals surface area contributed by atoms with Crippen molar-refractivity contribution < 1.29 is 8.42 Å². The van der Waals surface area contributed by atoms with E-state index in [2.05, 4.69) is 19.2 Å². The van der Waals surface area contributed by atoms with Gasteiger partial charge in [-0.3, -0.25) is 0 Å². The highest BCUT2D eigenvalue weighted by molar-refractivity contribution is 7.91. The molecule has 0 aromatic heterocycles. The Hall–Kier alpha value is -0.0900. The molecule has 1 heterocycles. The maximum Gasteiger partial charge on any atom is 0.151 e. The molecule has 0 aromatic carbocycles. The zero-order valence-electron chi connectivity index (χ0n) is 8.21. The van der Waals surface area contributed by atoms with Crippen LogP contribution in [0.1, 0.15) is 26.7 Å². The summed E-state index contributed by atoms with van der Waals surface area (Å²) in [6.45, 7) is 4.43. The van der Waals surface area contributed by atoms with E-state index in [0.29, 0.717) is 23.0 Å². The van der Waals surface area contributed by atoms with Gasteiger partial charge >= 0.3 is 0 Å². The quantitative estimate of drug-likeness (QED) is 0.713. The fraction of sp³-hybridized carbons (Fsp3) is 1.00. The maximum absolute atomic E-state index is 11.2. The molecule has 76 valence electrons. The molecule has 13 heavy (non-hydrogen) atoms. The van der Waals surface area contributed by atoms with Crippen molar-refractivity contribution >= 4 is 9.84 Å². The number of nitrogens with one attached hydrogen (secondary N) is 1. The Morgan fingerprint density at radius 1 is 1.38 bits per heavy atom. The van der Waals surface area contributed by atoms with E-state index in [9.17, 15) is 8.42 Å². The van der Waals surface area contributed by atoms with Gasteiger partial charge in [0.15, 0.2) is 9.84 Å². The summed E-state index contributed by atoms with van der Waals surface area (Å²) in [4.78, 5) is 0. The molecule has 1 aliphatic carbocycles. The van der Waals surface area contributed by atoms with Crippen LogP contribution in [0.3, 0.4) is 0 Å². The molecule has 0 aromatic rings. The van der Waals surface area contributed by atoms with Crippen molar-refractivity contribution in [1.82, 2.24) is 5.32 Å². The summed E-state index contributed by atoms with van der Waals surface area (Å²) in [5.74, 6) is 0.720. The molecule has 1 aliphatic heterocycles. The van der Waals surface area contributed by atoms with Gasteiger partial charge in [-0.1, -0.05) is 13.8 Å². The van der Waals surface area contributed by atoms with E-state index in [1.165, 1.54) is 6.42 Å². The Labute approximate surface area is 79.8 Å². The summed E-state index contributed by atoms with van der Waals surface area (Å²) >= 11 is 0. The monoisotopic (exact) mass is 203 g/mol. The molecule has 1 saturated carbocycles. The predicted molar refractivity (Wildman–Crippen MR) is 52.4 cm³/mol. The van der Waals surface area contributed by atoms with Crippen LogP contribution in [0, 0.1) is 5.41 Å². The van der Waals surface area contributed by atoms with Gasteiger partial charge in [0.2, 0.25) is 0 Å². The van der Waals surface area contributed by atoms with Gasteiger partial charge in [0.1, 0.15) is 0 Å². The largest absolute Gasteiger partial charge is 0.310 e. The lowest BCUT2D eigenvalue weighted by Crippen LogP contribution is -2.33. The smallest absolute Gasteiger partial charge is 0.151 e. The first kappa shape index (κ1) is 9.46. The Morgan fingerprint density at radius 3 is 2.38 bits per heavy atom. The van der Waals surface area contributed by atoms with Crippen LogP contribution in [0.2, 0.25) is 0 Å². The van der Waals surface area contributed by atoms with Gasteiger partial charge in [-0.25, -0.2) is 8.42 Å². The Kier molecular flexibility index (Phi) is 1.97. The summed E-state index contributed by atoms with van der Waals surface area (Å²) in [5, 5.41) is 3.42. The minimum Gasteiger partial charge on any atom is -0.310 e. The first-order valence-corrected chi connectivity index (χ1v) is 6.68. The van der Waals surface area contributed by atoms with E-state index < -0.39 is 9.84 Å². The van der Waals surface area contributed by atoms with E-state index in [0.717, 1.165) is 6.42 Å². The Morgan fingerprint density at radius 2 is 2.00 bits per heavy atom. The standard InChI is InChI=1S/C9H17NO2S/c1-9(2)5-8(9)10-7-3-4-13(11,12)6-7/h7-8,10H,3-6H2,1-2H3. The third-order valence-corrected chi connectivity index (χ3v) is 4.95. The van der Waals surface area contributed by atoms with E-state index in [-0.39, 0.29) is 6.04 Å².